The highest BCUT2D eigenvalue weighted by Crippen LogP contribution is 2.50. The van der Waals surface area contributed by atoms with Gasteiger partial charge in [0.2, 0.25) is 0 Å². The number of benzene rings is 8. The molecule has 0 atom stereocenters. The first-order valence-electron chi connectivity index (χ1n) is 18.2. The standard InChI is InChI=1S/C48H38O6/c1-5-31-19-25-39-41(27-31)43(35-11-7-9-13-37(35)45(39)53-47(49)51-33-21-15-29(3)16-22-33)44-36-12-8-10-14-38(36)46(40-26-20-32(6-2)28-42(40)44)54-48(50)52-34-23-17-30(4)18-24-34/h7-28H,5-6H2,1-4H3. The fourth-order valence-electron chi connectivity index (χ4n) is 7.18. The SMILES string of the molecule is CCc1ccc2c(OC(=O)Oc3ccc(C)cc3)c3ccccc3c(-c3c4ccccc4c(OC(=O)Oc4ccc(C)cc4)c4ccc(CC)cc34)c2c1. The summed E-state index contributed by atoms with van der Waals surface area (Å²) in [4.78, 5) is 26.8. The van der Waals surface area contributed by atoms with Crippen LogP contribution in [0.4, 0.5) is 9.59 Å². The van der Waals surface area contributed by atoms with E-state index in [0.29, 0.717) is 23.0 Å². The van der Waals surface area contributed by atoms with Gasteiger partial charge in [-0.25, -0.2) is 9.59 Å². The molecular weight excluding hydrogens is 673 g/mol. The van der Waals surface area contributed by atoms with E-state index in [9.17, 15) is 9.59 Å². The van der Waals surface area contributed by atoms with E-state index in [0.717, 1.165) is 89.3 Å². The van der Waals surface area contributed by atoms with Gasteiger partial charge in [0.05, 0.1) is 0 Å². The fraction of sp³-hybridized carbons (Fsp3) is 0.125. The van der Waals surface area contributed by atoms with E-state index in [2.05, 4.69) is 50.2 Å². The number of ether oxygens (including phenoxy) is 4. The van der Waals surface area contributed by atoms with E-state index in [1.165, 1.54) is 0 Å². The Morgan fingerprint density at radius 2 is 0.759 bits per heavy atom. The summed E-state index contributed by atoms with van der Waals surface area (Å²) in [5.74, 6) is 1.65. The topological polar surface area (TPSA) is 71.1 Å². The van der Waals surface area contributed by atoms with Gasteiger partial charge < -0.3 is 18.9 Å². The molecule has 0 saturated heterocycles. The Balaban J connectivity index is 1.38. The number of aryl methyl sites for hydroxylation is 4. The lowest BCUT2D eigenvalue weighted by Gasteiger charge is -2.22. The highest BCUT2D eigenvalue weighted by atomic mass is 16.7. The largest absolute Gasteiger partial charge is 0.519 e. The van der Waals surface area contributed by atoms with Gasteiger partial charge in [-0.15, -0.1) is 0 Å². The molecule has 54 heavy (non-hydrogen) atoms. The summed E-state index contributed by atoms with van der Waals surface area (Å²) in [5.41, 5.74) is 6.35. The van der Waals surface area contributed by atoms with Crippen molar-refractivity contribution in [3.8, 4) is 34.1 Å². The summed E-state index contributed by atoms with van der Waals surface area (Å²) in [6.45, 7) is 8.20. The van der Waals surface area contributed by atoms with Crippen molar-refractivity contribution < 1.29 is 28.5 Å². The van der Waals surface area contributed by atoms with Crippen LogP contribution in [0.15, 0.2) is 133 Å². The van der Waals surface area contributed by atoms with Crippen molar-refractivity contribution >= 4 is 55.4 Å². The third kappa shape index (κ3) is 6.47. The second-order valence-corrected chi connectivity index (χ2v) is 13.5. The Bertz CT molecular complexity index is 2540. The van der Waals surface area contributed by atoms with Crippen molar-refractivity contribution in [2.45, 2.75) is 40.5 Å². The van der Waals surface area contributed by atoms with Crippen molar-refractivity contribution in [3.05, 3.63) is 156 Å². The Hall–Kier alpha value is -6.66. The molecule has 0 aliphatic carbocycles. The molecular formula is C48H38O6. The highest BCUT2D eigenvalue weighted by molar-refractivity contribution is 6.27. The molecule has 0 bridgehead atoms. The summed E-state index contributed by atoms with van der Waals surface area (Å²) < 4.78 is 23.6. The molecule has 8 aromatic rings. The lowest BCUT2D eigenvalue weighted by atomic mass is 9.84. The van der Waals surface area contributed by atoms with Crippen LogP contribution >= 0.6 is 0 Å². The maximum atomic E-state index is 13.4. The quantitative estimate of drug-likeness (QED) is 0.0931. The molecule has 266 valence electrons. The third-order valence-corrected chi connectivity index (χ3v) is 9.96. The van der Waals surface area contributed by atoms with Crippen LogP contribution in [-0.4, -0.2) is 12.3 Å². The van der Waals surface area contributed by atoms with Gasteiger partial charge in [0, 0.05) is 21.5 Å². The lowest BCUT2D eigenvalue weighted by molar-refractivity contribution is 0.152. The Kier molecular flexibility index (Phi) is 9.18. The first-order chi connectivity index (χ1) is 26.3. The van der Waals surface area contributed by atoms with Crippen LogP contribution in [0.25, 0.3) is 54.2 Å². The molecule has 0 unspecified atom stereocenters. The third-order valence-electron chi connectivity index (χ3n) is 9.96. The molecule has 0 saturated carbocycles. The number of carbonyl (C=O) groups excluding carboxylic acids is 2. The highest BCUT2D eigenvalue weighted by Gasteiger charge is 2.25. The van der Waals surface area contributed by atoms with Crippen molar-refractivity contribution in [1.29, 1.82) is 0 Å². The summed E-state index contributed by atoms with van der Waals surface area (Å²) >= 11 is 0. The van der Waals surface area contributed by atoms with Crippen LogP contribution in [-0.2, 0) is 12.8 Å². The summed E-state index contributed by atoms with van der Waals surface area (Å²) in [5, 5.41) is 6.71. The van der Waals surface area contributed by atoms with E-state index >= 15 is 0 Å². The minimum Gasteiger partial charge on any atom is -0.395 e. The molecule has 0 amide bonds. The second kappa shape index (κ2) is 14.4. The predicted molar refractivity (Wildman–Crippen MR) is 216 cm³/mol. The molecule has 6 nitrogen and oxygen atoms in total. The zero-order valence-corrected chi connectivity index (χ0v) is 30.6. The normalized spacial score (nSPS) is 11.3. The molecule has 0 aromatic heterocycles. The van der Waals surface area contributed by atoms with Crippen molar-refractivity contribution in [2.24, 2.45) is 0 Å². The molecule has 0 spiro atoms. The van der Waals surface area contributed by atoms with Crippen LogP contribution in [0.2, 0.25) is 0 Å². The Morgan fingerprint density at radius 3 is 1.13 bits per heavy atom. The first kappa shape index (κ1) is 34.4. The smallest absolute Gasteiger partial charge is 0.395 e. The second-order valence-electron chi connectivity index (χ2n) is 13.5. The zero-order valence-electron chi connectivity index (χ0n) is 30.6. The fourth-order valence-corrected chi connectivity index (χ4v) is 7.18. The number of carbonyl (C=O) groups is 2. The minimum atomic E-state index is -0.819. The van der Waals surface area contributed by atoms with Crippen LogP contribution in [0, 0.1) is 13.8 Å². The maximum absolute atomic E-state index is 13.4. The molecule has 0 aliphatic rings. The average Bonchev–Trinajstić information content (AvgIpc) is 3.19. The summed E-state index contributed by atoms with van der Waals surface area (Å²) in [6.07, 6.45) is -0.0172. The van der Waals surface area contributed by atoms with Gasteiger partial charge in [-0.2, -0.15) is 0 Å². The average molecular weight is 711 g/mol. The van der Waals surface area contributed by atoms with Gasteiger partial charge >= 0.3 is 12.3 Å². The molecule has 0 fully saturated rings. The van der Waals surface area contributed by atoms with Crippen molar-refractivity contribution in [3.63, 3.8) is 0 Å². The zero-order chi connectivity index (χ0) is 37.3. The summed E-state index contributed by atoms with van der Waals surface area (Å²) in [7, 11) is 0. The van der Waals surface area contributed by atoms with Crippen LogP contribution in [0.5, 0.6) is 23.0 Å². The van der Waals surface area contributed by atoms with Gasteiger partial charge in [-0.1, -0.05) is 134 Å². The Labute approximate surface area is 313 Å². The molecule has 0 heterocycles. The lowest BCUT2D eigenvalue weighted by Crippen LogP contribution is -2.14. The monoisotopic (exact) mass is 710 g/mol. The molecule has 8 rings (SSSR count). The first-order valence-corrected chi connectivity index (χ1v) is 18.2. The van der Waals surface area contributed by atoms with E-state index in [-0.39, 0.29) is 0 Å². The molecule has 0 aliphatic heterocycles. The van der Waals surface area contributed by atoms with E-state index in [1.54, 1.807) is 24.3 Å². The Morgan fingerprint density at radius 1 is 0.407 bits per heavy atom. The van der Waals surface area contributed by atoms with Gasteiger partial charge in [-0.3, -0.25) is 0 Å². The number of fused-ring (bicyclic) bond motifs is 4. The maximum Gasteiger partial charge on any atom is 0.519 e. The van der Waals surface area contributed by atoms with Crippen LogP contribution < -0.4 is 18.9 Å². The predicted octanol–water partition coefficient (Wildman–Crippen LogP) is 12.9. The van der Waals surface area contributed by atoms with E-state index in [1.807, 2.05) is 86.6 Å². The van der Waals surface area contributed by atoms with Crippen LogP contribution in [0.1, 0.15) is 36.1 Å². The van der Waals surface area contributed by atoms with Gasteiger partial charge in [-0.05, 0) is 94.8 Å². The molecule has 6 heteroatoms. The van der Waals surface area contributed by atoms with E-state index in [4.69, 9.17) is 18.9 Å². The number of hydrogen-bond donors (Lipinski definition) is 0. The number of hydrogen-bond acceptors (Lipinski definition) is 6. The van der Waals surface area contributed by atoms with E-state index < -0.39 is 12.3 Å². The van der Waals surface area contributed by atoms with Gasteiger partial charge in [0.25, 0.3) is 0 Å². The minimum absolute atomic E-state index is 0.402. The van der Waals surface area contributed by atoms with Gasteiger partial charge in [0.1, 0.15) is 23.0 Å². The molecule has 8 aromatic carbocycles. The molecule has 0 N–H and O–H groups in total. The molecule has 0 radical (unpaired) electrons. The van der Waals surface area contributed by atoms with Crippen LogP contribution in [0.3, 0.4) is 0 Å². The van der Waals surface area contributed by atoms with Gasteiger partial charge in [0.15, 0.2) is 0 Å². The summed E-state index contributed by atoms with van der Waals surface area (Å²) in [6, 6.07) is 43.1. The van der Waals surface area contributed by atoms with Crippen molar-refractivity contribution in [1.82, 2.24) is 0 Å². The number of rotatable bonds is 7. The van der Waals surface area contributed by atoms with Crippen molar-refractivity contribution in [2.75, 3.05) is 0 Å².